The first kappa shape index (κ1) is 15.0. The summed E-state index contributed by atoms with van der Waals surface area (Å²) in [5.41, 5.74) is 4.30. The van der Waals surface area contributed by atoms with Crippen LogP contribution in [0.15, 0.2) is 0 Å². The van der Waals surface area contributed by atoms with Crippen LogP contribution in [-0.2, 0) is 14.4 Å². The lowest BCUT2D eigenvalue weighted by atomic mass is 9.94. The standard InChI is InChI=1S/C14H23N3O3/c1-14(2,13(15)20)16-10-8-11(18)17(12(10)19)9-6-4-3-5-7-9/h9-10,16H,3-8H2,1-2H3,(H2,15,20). The molecular formula is C14H23N3O3. The summed E-state index contributed by atoms with van der Waals surface area (Å²) in [7, 11) is 0. The molecular weight excluding hydrogens is 258 g/mol. The van der Waals surface area contributed by atoms with E-state index < -0.39 is 17.5 Å². The van der Waals surface area contributed by atoms with Crippen molar-refractivity contribution in [2.24, 2.45) is 5.73 Å². The number of hydrogen-bond donors (Lipinski definition) is 2. The van der Waals surface area contributed by atoms with E-state index in [0.717, 1.165) is 25.7 Å². The second kappa shape index (κ2) is 5.52. The molecule has 0 radical (unpaired) electrons. The maximum atomic E-state index is 12.4. The lowest BCUT2D eigenvalue weighted by Crippen LogP contribution is -2.56. The molecule has 1 saturated carbocycles. The molecule has 1 aliphatic heterocycles. The van der Waals surface area contributed by atoms with Crippen LogP contribution < -0.4 is 11.1 Å². The molecule has 0 aromatic carbocycles. The van der Waals surface area contributed by atoms with Crippen LogP contribution in [0.25, 0.3) is 0 Å². The molecule has 6 nitrogen and oxygen atoms in total. The highest BCUT2D eigenvalue weighted by Crippen LogP contribution is 2.27. The van der Waals surface area contributed by atoms with Crippen LogP contribution in [0.3, 0.4) is 0 Å². The maximum absolute atomic E-state index is 12.4. The summed E-state index contributed by atoms with van der Waals surface area (Å²) in [6.45, 7) is 3.24. The van der Waals surface area contributed by atoms with Crippen LogP contribution in [0.1, 0.15) is 52.4 Å². The molecule has 1 heterocycles. The monoisotopic (exact) mass is 281 g/mol. The lowest BCUT2D eigenvalue weighted by Gasteiger charge is -2.30. The van der Waals surface area contributed by atoms with E-state index in [2.05, 4.69) is 5.32 Å². The molecule has 0 bridgehead atoms. The zero-order valence-electron chi connectivity index (χ0n) is 12.1. The van der Waals surface area contributed by atoms with Crippen molar-refractivity contribution in [3.8, 4) is 0 Å². The molecule has 2 rings (SSSR count). The van der Waals surface area contributed by atoms with Crippen molar-refractivity contribution < 1.29 is 14.4 Å². The first-order valence-electron chi connectivity index (χ1n) is 7.26. The summed E-state index contributed by atoms with van der Waals surface area (Å²) in [6, 6.07) is -0.598. The van der Waals surface area contributed by atoms with Gasteiger partial charge in [0.25, 0.3) is 0 Å². The van der Waals surface area contributed by atoms with Crippen LogP contribution in [0.5, 0.6) is 0 Å². The summed E-state index contributed by atoms with van der Waals surface area (Å²) in [5.74, 6) is -0.884. The third kappa shape index (κ3) is 2.85. The summed E-state index contributed by atoms with van der Waals surface area (Å²) < 4.78 is 0. The van der Waals surface area contributed by atoms with Gasteiger partial charge in [-0.2, -0.15) is 0 Å². The first-order valence-corrected chi connectivity index (χ1v) is 7.26. The number of primary amides is 1. The Bertz CT molecular complexity index is 427. The van der Waals surface area contributed by atoms with Gasteiger partial charge in [-0.3, -0.25) is 24.6 Å². The minimum absolute atomic E-state index is 0.0345. The van der Waals surface area contributed by atoms with Gasteiger partial charge in [0, 0.05) is 6.04 Å². The maximum Gasteiger partial charge on any atom is 0.247 e. The van der Waals surface area contributed by atoms with Crippen molar-refractivity contribution in [1.82, 2.24) is 10.2 Å². The number of nitrogens with zero attached hydrogens (tertiary/aromatic N) is 1. The second-order valence-electron chi connectivity index (χ2n) is 6.28. The molecule has 0 aromatic rings. The Hall–Kier alpha value is -1.43. The lowest BCUT2D eigenvalue weighted by molar-refractivity contribution is -0.142. The molecule has 1 aliphatic carbocycles. The summed E-state index contributed by atoms with van der Waals surface area (Å²) in [6.07, 6.45) is 5.20. The van der Waals surface area contributed by atoms with E-state index in [1.165, 1.54) is 11.3 Å². The van der Waals surface area contributed by atoms with Crippen LogP contribution >= 0.6 is 0 Å². The summed E-state index contributed by atoms with van der Waals surface area (Å²) in [5, 5.41) is 2.92. The zero-order chi connectivity index (χ0) is 14.9. The Kier molecular flexibility index (Phi) is 4.13. The van der Waals surface area contributed by atoms with Gasteiger partial charge in [0.2, 0.25) is 17.7 Å². The highest BCUT2D eigenvalue weighted by Gasteiger charge is 2.44. The van der Waals surface area contributed by atoms with E-state index in [1.54, 1.807) is 13.8 Å². The number of carbonyl (C=O) groups excluding carboxylic acids is 3. The molecule has 0 aromatic heterocycles. The SMILES string of the molecule is CC(C)(NC1CC(=O)N(C2CCCCC2)C1=O)C(N)=O. The number of likely N-dealkylation sites (tertiary alicyclic amines) is 1. The molecule has 1 unspecified atom stereocenters. The normalized spacial score (nSPS) is 25.3. The van der Waals surface area contributed by atoms with E-state index in [4.69, 9.17) is 5.73 Å². The van der Waals surface area contributed by atoms with Gasteiger partial charge in [0.1, 0.15) is 0 Å². The van der Waals surface area contributed by atoms with Crippen LogP contribution in [0, 0.1) is 0 Å². The van der Waals surface area contributed by atoms with Gasteiger partial charge in [-0.1, -0.05) is 19.3 Å². The van der Waals surface area contributed by atoms with E-state index in [0.29, 0.717) is 0 Å². The molecule has 112 valence electrons. The smallest absolute Gasteiger partial charge is 0.247 e. The molecule has 2 aliphatic rings. The molecule has 1 atom stereocenters. The Morgan fingerprint density at radius 3 is 2.40 bits per heavy atom. The Morgan fingerprint density at radius 2 is 1.85 bits per heavy atom. The number of amides is 3. The molecule has 1 saturated heterocycles. The van der Waals surface area contributed by atoms with Gasteiger partial charge in [-0.05, 0) is 26.7 Å². The fraction of sp³-hybridized carbons (Fsp3) is 0.786. The summed E-state index contributed by atoms with van der Waals surface area (Å²) in [4.78, 5) is 37.2. The molecule has 6 heteroatoms. The van der Waals surface area contributed by atoms with Crippen molar-refractivity contribution in [3.05, 3.63) is 0 Å². The van der Waals surface area contributed by atoms with Gasteiger partial charge in [0.15, 0.2) is 0 Å². The van der Waals surface area contributed by atoms with Crippen LogP contribution in [0.4, 0.5) is 0 Å². The number of nitrogens with one attached hydrogen (secondary N) is 1. The minimum atomic E-state index is -0.997. The number of rotatable bonds is 4. The van der Waals surface area contributed by atoms with Crippen molar-refractivity contribution in [2.45, 2.75) is 70.0 Å². The first-order chi connectivity index (χ1) is 9.33. The Morgan fingerprint density at radius 1 is 1.25 bits per heavy atom. The van der Waals surface area contributed by atoms with E-state index in [-0.39, 0.29) is 24.3 Å². The number of imide groups is 1. The fourth-order valence-corrected chi connectivity index (χ4v) is 2.99. The molecule has 2 fully saturated rings. The topological polar surface area (TPSA) is 92.5 Å². The molecule has 3 amide bonds. The number of nitrogens with two attached hydrogens (primary N) is 1. The van der Waals surface area contributed by atoms with Crippen LogP contribution in [-0.4, -0.2) is 40.2 Å². The van der Waals surface area contributed by atoms with Gasteiger partial charge in [-0.25, -0.2) is 0 Å². The van der Waals surface area contributed by atoms with E-state index in [1.807, 2.05) is 0 Å². The average molecular weight is 281 g/mol. The number of hydrogen-bond acceptors (Lipinski definition) is 4. The van der Waals surface area contributed by atoms with Crippen LogP contribution in [0.2, 0.25) is 0 Å². The predicted octanol–water partition coefficient (Wildman–Crippen LogP) is 0.300. The second-order valence-corrected chi connectivity index (χ2v) is 6.28. The fourth-order valence-electron chi connectivity index (χ4n) is 2.99. The average Bonchev–Trinajstić information content (AvgIpc) is 2.64. The van der Waals surface area contributed by atoms with Crippen molar-refractivity contribution >= 4 is 17.7 Å². The van der Waals surface area contributed by atoms with Crippen molar-refractivity contribution in [3.63, 3.8) is 0 Å². The highest BCUT2D eigenvalue weighted by molar-refractivity contribution is 6.06. The largest absolute Gasteiger partial charge is 0.368 e. The van der Waals surface area contributed by atoms with Crippen molar-refractivity contribution in [1.29, 1.82) is 0 Å². The number of carbonyl (C=O) groups is 3. The Balaban J connectivity index is 2.06. The molecule has 20 heavy (non-hydrogen) atoms. The Labute approximate surface area is 119 Å². The van der Waals surface area contributed by atoms with E-state index >= 15 is 0 Å². The zero-order valence-corrected chi connectivity index (χ0v) is 12.1. The molecule has 0 spiro atoms. The predicted molar refractivity (Wildman–Crippen MR) is 73.5 cm³/mol. The van der Waals surface area contributed by atoms with E-state index in [9.17, 15) is 14.4 Å². The third-order valence-electron chi connectivity index (χ3n) is 4.27. The van der Waals surface area contributed by atoms with Crippen molar-refractivity contribution in [2.75, 3.05) is 0 Å². The summed E-state index contributed by atoms with van der Waals surface area (Å²) >= 11 is 0. The highest BCUT2D eigenvalue weighted by atomic mass is 16.2. The quantitative estimate of drug-likeness (QED) is 0.725. The van der Waals surface area contributed by atoms with Gasteiger partial charge >= 0.3 is 0 Å². The van der Waals surface area contributed by atoms with Gasteiger partial charge in [-0.15, -0.1) is 0 Å². The van der Waals surface area contributed by atoms with Gasteiger partial charge < -0.3 is 5.73 Å². The minimum Gasteiger partial charge on any atom is -0.368 e. The third-order valence-corrected chi connectivity index (χ3v) is 4.27. The van der Waals surface area contributed by atoms with Gasteiger partial charge in [0.05, 0.1) is 18.0 Å². The molecule has 3 N–H and O–H groups in total.